The van der Waals surface area contributed by atoms with Crippen molar-refractivity contribution < 1.29 is 23.9 Å². The zero-order chi connectivity index (χ0) is 25.3. The summed E-state index contributed by atoms with van der Waals surface area (Å²) in [6.45, 7) is 8.31. The van der Waals surface area contributed by atoms with Crippen LogP contribution in [0.15, 0.2) is 59.1 Å². The molecule has 0 bridgehead atoms. The molecule has 1 saturated heterocycles. The van der Waals surface area contributed by atoms with Crippen molar-refractivity contribution in [3.63, 3.8) is 0 Å². The van der Waals surface area contributed by atoms with Gasteiger partial charge < -0.3 is 19.1 Å². The Bertz CT molecular complexity index is 1080. The smallest absolute Gasteiger partial charge is 0.335 e. The van der Waals surface area contributed by atoms with Crippen molar-refractivity contribution in [2.45, 2.75) is 58.2 Å². The van der Waals surface area contributed by atoms with Crippen LogP contribution in [0.1, 0.15) is 56.3 Å². The van der Waals surface area contributed by atoms with E-state index in [1.807, 2.05) is 30.3 Å². The molecule has 1 fully saturated rings. The summed E-state index contributed by atoms with van der Waals surface area (Å²) in [5.41, 5.74) is 2.62. The Morgan fingerprint density at radius 2 is 1.58 bits per heavy atom. The third kappa shape index (κ3) is 7.42. The predicted molar refractivity (Wildman–Crippen MR) is 139 cm³/mol. The second kappa shape index (κ2) is 12.7. The van der Waals surface area contributed by atoms with E-state index >= 15 is 0 Å². The molecule has 0 unspecified atom stereocenters. The second-order valence-corrected chi connectivity index (χ2v) is 9.62. The Balaban J connectivity index is 1.13. The number of unbranched alkanes of at least 4 members (excludes halogenated alkanes) is 4. The van der Waals surface area contributed by atoms with Gasteiger partial charge >= 0.3 is 5.97 Å². The Morgan fingerprint density at radius 1 is 0.944 bits per heavy atom. The van der Waals surface area contributed by atoms with Gasteiger partial charge in [0.1, 0.15) is 11.4 Å². The average molecular weight is 493 g/mol. The Morgan fingerprint density at radius 3 is 2.28 bits per heavy atom. The zero-order valence-electron chi connectivity index (χ0n) is 21.2. The van der Waals surface area contributed by atoms with E-state index in [2.05, 4.69) is 23.9 Å². The molecule has 0 aliphatic carbocycles. The largest absolute Gasteiger partial charge is 0.494 e. The number of rotatable bonds is 12. The van der Waals surface area contributed by atoms with Gasteiger partial charge in [-0.2, -0.15) is 0 Å². The van der Waals surface area contributed by atoms with E-state index in [0.29, 0.717) is 23.7 Å². The fraction of sp³-hybridized carbons (Fsp3) is 0.448. The summed E-state index contributed by atoms with van der Waals surface area (Å²) in [6.07, 6.45) is 6.68. The lowest BCUT2D eigenvalue weighted by Crippen LogP contribution is -2.45. The minimum absolute atomic E-state index is 0.242. The van der Waals surface area contributed by atoms with E-state index in [4.69, 9.17) is 19.1 Å². The van der Waals surface area contributed by atoms with Gasteiger partial charge in [0.15, 0.2) is 5.76 Å². The number of hydrogen-bond donors (Lipinski definition) is 1. The average Bonchev–Trinajstić information content (AvgIpc) is 3.36. The first-order valence-corrected chi connectivity index (χ1v) is 12.9. The highest BCUT2D eigenvalue weighted by molar-refractivity contribution is 5.88. The number of aromatic carboxylic acids is 1. The molecule has 0 amide bonds. The highest BCUT2D eigenvalue weighted by atomic mass is 16.5. The van der Waals surface area contributed by atoms with Crippen LogP contribution in [-0.4, -0.2) is 59.6 Å². The van der Waals surface area contributed by atoms with Crippen LogP contribution in [-0.2, 0) is 4.74 Å². The highest BCUT2D eigenvalue weighted by Crippen LogP contribution is 2.27. The van der Waals surface area contributed by atoms with E-state index in [0.717, 1.165) is 43.0 Å². The minimum atomic E-state index is -0.950. The number of nitrogens with zero attached hydrogens (tertiary/aromatic N) is 2. The molecule has 7 nitrogen and oxygen atoms in total. The molecule has 2 heterocycles. The van der Waals surface area contributed by atoms with Crippen LogP contribution >= 0.6 is 0 Å². The van der Waals surface area contributed by atoms with E-state index < -0.39 is 5.97 Å². The molecule has 0 radical (unpaired) electrons. The summed E-state index contributed by atoms with van der Waals surface area (Å²) in [5, 5.41) is 13.2. The molecule has 1 aliphatic rings. The van der Waals surface area contributed by atoms with Gasteiger partial charge in [-0.15, -0.1) is 0 Å². The van der Waals surface area contributed by atoms with E-state index in [1.165, 1.54) is 32.2 Å². The Hall–Kier alpha value is -3.16. The number of ether oxygens (including phenoxy) is 2. The second-order valence-electron chi connectivity index (χ2n) is 9.62. The molecule has 2 atom stereocenters. The first kappa shape index (κ1) is 25.9. The first-order valence-electron chi connectivity index (χ1n) is 12.9. The fourth-order valence-electron chi connectivity index (χ4n) is 4.67. The van der Waals surface area contributed by atoms with Gasteiger partial charge in [-0.3, -0.25) is 4.90 Å². The maximum absolute atomic E-state index is 11.0. The fourth-order valence-corrected chi connectivity index (χ4v) is 4.67. The van der Waals surface area contributed by atoms with Crippen molar-refractivity contribution in [2.24, 2.45) is 0 Å². The monoisotopic (exact) mass is 492 g/mol. The van der Waals surface area contributed by atoms with Gasteiger partial charge in [-0.05, 0) is 69.6 Å². The molecule has 1 aromatic heterocycles. The SMILES string of the molecule is C[C@@H]1CN(CCCCCCCOc2ccc(-c3cc(-c4ccc(C(=O)O)cc4)no3)cc2)C[C@H](C)O1. The molecule has 1 N–H and O–H groups in total. The molecule has 2 aromatic carbocycles. The summed E-state index contributed by atoms with van der Waals surface area (Å²) in [4.78, 5) is 13.6. The molecule has 0 saturated carbocycles. The van der Waals surface area contributed by atoms with Crippen molar-refractivity contribution in [1.29, 1.82) is 0 Å². The molecular formula is C29H36N2O5. The van der Waals surface area contributed by atoms with Gasteiger partial charge in [0, 0.05) is 30.3 Å². The third-order valence-electron chi connectivity index (χ3n) is 6.46. The number of hydrogen-bond acceptors (Lipinski definition) is 6. The molecule has 36 heavy (non-hydrogen) atoms. The Kier molecular flexibility index (Phi) is 9.14. The third-order valence-corrected chi connectivity index (χ3v) is 6.46. The number of carbonyl (C=O) groups is 1. The maximum atomic E-state index is 11.0. The number of carboxylic acid groups (broad SMARTS) is 1. The van der Waals surface area contributed by atoms with Crippen LogP contribution in [0.5, 0.6) is 5.75 Å². The molecular weight excluding hydrogens is 456 g/mol. The molecule has 192 valence electrons. The maximum Gasteiger partial charge on any atom is 0.335 e. The normalized spacial score (nSPS) is 18.3. The number of aromatic nitrogens is 1. The van der Waals surface area contributed by atoms with Crippen LogP contribution in [0, 0.1) is 0 Å². The highest BCUT2D eigenvalue weighted by Gasteiger charge is 2.21. The molecule has 0 spiro atoms. The molecule has 3 aromatic rings. The summed E-state index contributed by atoms with van der Waals surface area (Å²) in [7, 11) is 0. The lowest BCUT2D eigenvalue weighted by atomic mass is 10.1. The number of morpholine rings is 1. The summed E-state index contributed by atoms with van der Waals surface area (Å²) >= 11 is 0. The zero-order valence-corrected chi connectivity index (χ0v) is 21.2. The van der Waals surface area contributed by atoms with Crippen molar-refractivity contribution in [2.75, 3.05) is 26.2 Å². The van der Waals surface area contributed by atoms with Gasteiger partial charge in [-0.25, -0.2) is 4.79 Å². The van der Waals surface area contributed by atoms with Crippen LogP contribution < -0.4 is 4.74 Å². The standard InChI is InChI=1S/C29H36N2O5/c1-21-19-31(20-22(2)35-21)16-6-4-3-5-7-17-34-26-14-12-24(13-15-26)28-18-27(30-36-28)23-8-10-25(11-9-23)29(32)33/h8-15,18,21-22H,3-7,16-17,19-20H2,1-2H3,(H,32,33)/t21-,22+. The van der Waals surface area contributed by atoms with Crippen molar-refractivity contribution in [1.82, 2.24) is 10.1 Å². The van der Waals surface area contributed by atoms with Gasteiger partial charge in [0.05, 0.1) is 24.4 Å². The summed E-state index contributed by atoms with van der Waals surface area (Å²) in [5.74, 6) is 0.548. The van der Waals surface area contributed by atoms with Crippen LogP contribution in [0.25, 0.3) is 22.6 Å². The molecule has 4 rings (SSSR count). The lowest BCUT2D eigenvalue weighted by Gasteiger charge is -2.35. The lowest BCUT2D eigenvalue weighted by molar-refractivity contribution is -0.0681. The van der Waals surface area contributed by atoms with Crippen molar-refractivity contribution in [3.05, 3.63) is 60.2 Å². The number of carboxylic acids is 1. The van der Waals surface area contributed by atoms with Crippen LogP contribution in [0.4, 0.5) is 0 Å². The summed E-state index contributed by atoms with van der Waals surface area (Å²) < 4.78 is 17.2. The quantitative estimate of drug-likeness (QED) is 0.304. The van der Waals surface area contributed by atoms with Gasteiger partial charge in [-0.1, -0.05) is 36.6 Å². The Labute approximate surface area is 213 Å². The van der Waals surface area contributed by atoms with E-state index in [9.17, 15) is 4.79 Å². The van der Waals surface area contributed by atoms with E-state index in [-0.39, 0.29) is 5.56 Å². The predicted octanol–water partition coefficient (Wildman–Crippen LogP) is 6.15. The van der Waals surface area contributed by atoms with Gasteiger partial charge in [0.25, 0.3) is 0 Å². The first-order chi connectivity index (χ1) is 17.5. The topological polar surface area (TPSA) is 85.0 Å². The molecule has 7 heteroatoms. The van der Waals surface area contributed by atoms with Crippen LogP contribution in [0.3, 0.4) is 0 Å². The van der Waals surface area contributed by atoms with Crippen molar-refractivity contribution >= 4 is 5.97 Å². The van der Waals surface area contributed by atoms with Crippen LogP contribution in [0.2, 0.25) is 0 Å². The van der Waals surface area contributed by atoms with Gasteiger partial charge in [0.2, 0.25) is 0 Å². The minimum Gasteiger partial charge on any atom is -0.494 e. The number of benzene rings is 2. The van der Waals surface area contributed by atoms with Crippen molar-refractivity contribution in [3.8, 4) is 28.3 Å². The summed E-state index contributed by atoms with van der Waals surface area (Å²) in [6, 6.07) is 16.2. The molecule has 1 aliphatic heterocycles. The van der Waals surface area contributed by atoms with E-state index in [1.54, 1.807) is 24.3 Å².